The monoisotopic (exact) mass is 357 g/mol. The Hall–Kier alpha value is -2.21. The van der Waals surface area contributed by atoms with Crippen LogP contribution in [0.1, 0.15) is 16.8 Å². The summed E-state index contributed by atoms with van der Waals surface area (Å²) in [6.07, 6.45) is 0. The molecule has 0 bridgehead atoms. The first-order valence-corrected chi connectivity index (χ1v) is 7.72. The molecule has 0 unspecified atom stereocenters. The van der Waals surface area contributed by atoms with Crippen LogP contribution in [0.15, 0.2) is 34.8 Å². The first-order valence-electron chi connectivity index (χ1n) is 6.93. The van der Waals surface area contributed by atoms with E-state index in [-0.39, 0.29) is 0 Å². The van der Waals surface area contributed by atoms with E-state index in [9.17, 15) is 0 Å². The van der Waals surface area contributed by atoms with Crippen LogP contribution >= 0.6 is 15.9 Å². The molecule has 0 amide bonds. The van der Waals surface area contributed by atoms with Gasteiger partial charge in [0, 0.05) is 16.7 Å². The maximum Gasteiger partial charge on any atom is 0.226 e. The molecule has 0 spiro atoms. The molecule has 3 aromatic rings. The Morgan fingerprint density at radius 3 is 2.55 bits per heavy atom. The summed E-state index contributed by atoms with van der Waals surface area (Å²) in [5.41, 5.74) is 9.78. The number of hydrogen-bond donors (Lipinski definition) is 2. The SMILES string of the molecule is Cc1cc(C)c2c(N)nc(NCc3ccc(Br)cc3)nc2n1. The molecule has 0 saturated heterocycles. The minimum Gasteiger partial charge on any atom is -0.383 e. The highest BCUT2D eigenvalue weighted by atomic mass is 79.9. The Bertz CT molecular complexity index is 830. The van der Waals surface area contributed by atoms with Crippen LogP contribution < -0.4 is 11.1 Å². The first kappa shape index (κ1) is 14.7. The molecule has 3 rings (SSSR count). The molecule has 3 N–H and O–H groups in total. The van der Waals surface area contributed by atoms with Crippen LogP contribution in [0.4, 0.5) is 11.8 Å². The third-order valence-electron chi connectivity index (χ3n) is 3.38. The van der Waals surface area contributed by atoms with Gasteiger partial charge < -0.3 is 11.1 Å². The van der Waals surface area contributed by atoms with Gasteiger partial charge in [-0.2, -0.15) is 9.97 Å². The van der Waals surface area contributed by atoms with Crippen molar-refractivity contribution in [3.8, 4) is 0 Å². The van der Waals surface area contributed by atoms with Gasteiger partial charge in [-0.3, -0.25) is 0 Å². The van der Waals surface area contributed by atoms with Crippen molar-refractivity contribution in [3.05, 3.63) is 51.6 Å². The molecular formula is C16H16BrN5. The highest BCUT2D eigenvalue weighted by Gasteiger charge is 2.09. The van der Waals surface area contributed by atoms with Crippen molar-refractivity contribution < 1.29 is 0 Å². The van der Waals surface area contributed by atoms with E-state index in [1.165, 1.54) is 0 Å². The fraction of sp³-hybridized carbons (Fsp3) is 0.188. The molecular weight excluding hydrogens is 342 g/mol. The molecule has 2 heterocycles. The molecule has 0 saturated carbocycles. The standard InChI is InChI=1S/C16H16BrN5/c1-9-7-10(2)20-15-13(9)14(18)21-16(22-15)19-8-11-3-5-12(17)6-4-11/h3-7H,8H2,1-2H3,(H3,18,19,20,21,22). The summed E-state index contributed by atoms with van der Waals surface area (Å²) in [5, 5.41) is 4.01. The number of nitrogen functional groups attached to an aromatic ring is 1. The van der Waals surface area contributed by atoms with Gasteiger partial charge in [0.25, 0.3) is 0 Å². The number of aromatic nitrogens is 3. The molecule has 0 aliphatic rings. The number of anilines is 2. The van der Waals surface area contributed by atoms with Gasteiger partial charge in [0.2, 0.25) is 5.95 Å². The smallest absolute Gasteiger partial charge is 0.226 e. The van der Waals surface area contributed by atoms with Gasteiger partial charge in [-0.1, -0.05) is 28.1 Å². The second-order valence-electron chi connectivity index (χ2n) is 5.19. The molecule has 0 radical (unpaired) electrons. The zero-order valence-electron chi connectivity index (χ0n) is 12.4. The number of halogens is 1. The summed E-state index contributed by atoms with van der Waals surface area (Å²) in [7, 11) is 0. The van der Waals surface area contributed by atoms with E-state index in [1.54, 1.807) is 0 Å². The van der Waals surface area contributed by atoms with Crippen LogP contribution in [0.3, 0.4) is 0 Å². The van der Waals surface area contributed by atoms with Crippen LogP contribution in [-0.4, -0.2) is 15.0 Å². The van der Waals surface area contributed by atoms with Crippen LogP contribution in [0.25, 0.3) is 11.0 Å². The van der Waals surface area contributed by atoms with Crippen molar-refractivity contribution in [1.82, 2.24) is 15.0 Å². The number of aryl methyl sites for hydroxylation is 2. The third kappa shape index (κ3) is 3.01. The minimum atomic E-state index is 0.452. The van der Waals surface area contributed by atoms with Crippen molar-refractivity contribution in [3.63, 3.8) is 0 Å². The molecule has 0 atom stereocenters. The largest absolute Gasteiger partial charge is 0.383 e. The van der Waals surface area contributed by atoms with E-state index in [2.05, 4.69) is 36.2 Å². The molecule has 22 heavy (non-hydrogen) atoms. The van der Waals surface area contributed by atoms with E-state index in [4.69, 9.17) is 5.73 Å². The summed E-state index contributed by atoms with van der Waals surface area (Å²) in [6.45, 7) is 4.56. The van der Waals surface area contributed by atoms with E-state index in [1.807, 2.05) is 44.2 Å². The number of rotatable bonds is 3. The number of benzene rings is 1. The quantitative estimate of drug-likeness (QED) is 0.748. The van der Waals surface area contributed by atoms with E-state index >= 15 is 0 Å². The Balaban J connectivity index is 1.89. The molecule has 0 aliphatic carbocycles. The summed E-state index contributed by atoms with van der Waals surface area (Å²) in [4.78, 5) is 13.2. The lowest BCUT2D eigenvalue weighted by Gasteiger charge is -2.09. The van der Waals surface area contributed by atoms with Crippen LogP contribution in [0.5, 0.6) is 0 Å². The van der Waals surface area contributed by atoms with Gasteiger partial charge in [0.05, 0.1) is 5.39 Å². The second-order valence-corrected chi connectivity index (χ2v) is 6.11. The number of nitrogens with zero attached hydrogens (tertiary/aromatic N) is 3. The van der Waals surface area contributed by atoms with Gasteiger partial charge in [0.1, 0.15) is 5.82 Å². The average molecular weight is 358 g/mol. The van der Waals surface area contributed by atoms with E-state index < -0.39 is 0 Å². The summed E-state index contributed by atoms with van der Waals surface area (Å²) >= 11 is 3.42. The second kappa shape index (κ2) is 5.88. The molecule has 2 aromatic heterocycles. The fourth-order valence-corrected chi connectivity index (χ4v) is 2.64. The summed E-state index contributed by atoms with van der Waals surface area (Å²) in [6, 6.07) is 10.1. The maximum absolute atomic E-state index is 6.06. The molecule has 5 nitrogen and oxygen atoms in total. The van der Waals surface area contributed by atoms with Crippen molar-refractivity contribution in [2.24, 2.45) is 0 Å². The Morgan fingerprint density at radius 1 is 1.09 bits per heavy atom. The Morgan fingerprint density at radius 2 is 1.82 bits per heavy atom. The topological polar surface area (TPSA) is 76.7 Å². The number of nitrogens with two attached hydrogens (primary N) is 1. The van der Waals surface area contributed by atoms with Crippen LogP contribution in [0.2, 0.25) is 0 Å². The predicted octanol–water partition coefficient (Wildman–Crippen LogP) is 3.60. The summed E-state index contributed by atoms with van der Waals surface area (Å²) in [5.74, 6) is 0.943. The highest BCUT2D eigenvalue weighted by molar-refractivity contribution is 9.10. The lowest BCUT2D eigenvalue weighted by atomic mass is 10.1. The van der Waals surface area contributed by atoms with Gasteiger partial charge in [-0.05, 0) is 43.2 Å². The van der Waals surface area contributed by atoms with Gasteiger partial charge in [0.15, 0.2) is 5.65 Å². The van der Waals surface area contributed by atoms with Crippen LogP contribution in [-0.2, 0) is 6.54 Å². The number of fused-ring (bicyclic) bond motifs is 1. The molecule has 6 heteroatoms. The lowest BCUT2D eigenvalue weighted by Crippen LogP contribution is -2.07. The number of pyridine rings is 1. The predicted molar refractivity (Wildman–Crippen MR) is 92.7 cm³/mol. The Labute approximate surface area is 137 Å². The minimum absolute atomic E-state index is 0.452. The van der Waals surface area contributed by atoms with Gasteiger partial charge in [-0.25, -0.2) is 4.98 Å². The Kier molecular flexibility index (Phi) is 3.94. The average Bonchev–Trinajstić information content (AvgIpc) is 2.45. The van der Waals surface area contributed by atoms with Crippen molar-refractivity contribution in [1.29, 1.82) is 0 Å². The first-order chi connectivity index (χ1) is 10.5. The van der Waals surface area contributed by atoms with Gasteiger partial charge in [-0.15, -0.1) is 0 Å². The van der Waals surface area contributed by atoms with Crippen molar-refractivity contribution >= 4 is 38.7 Å². The number of hydrogen-bond acceptors (Lipinski definition) is 5. The van der Waals surface area contributed by atoms with Crippen molar-refractivity contribution in [2.75, 3.05) is 11.1 Å². The normalized spacial score (nSPS) is 10.9. The zero-order chi connectivity index (χ0) is 15.7. The van der Waals surface area contributed by atoms with Crippen LogP contribution in [0, 0.1) is 13.8 Å². The highest BCUT2D eigenvalue weighted by Crippen LogP contribution is 2.22. The molecule has 0 aliphatic heterocycles. The molecule has 0 fully saturated rings. The third-order valence-corrected chi connectivity index (χ3v) is 3.91. The molecule has 112 valence electrons. The van der Waals surface area contributed by atoms with Gasteiger partial charge >= 0.3 is 0 Å². The van der Waals surface area contributed by atoms with E-state index in [0.29, 0.717) is 24.0 Å². The number of nitrogens with one attached hydrogen (secondary N) is 1. The summed E-state index contributed by atoms with van der Waals surface area (Å²) < 4.78 is 1.05. The zero-order valence-corrected chi connectivity index (χ0v) is 14.0. The molecule has 1 aromatic carbocycles. The van der Waals surface area contributed by atoms with E-state index in [0.717, 1.165) is 26.7 Å². The fourth-order valence-electron chi connectivity index (χ4n) is 2.37. The van der Waals surface area contributed by atoms with Crippen molar-refractivity contribution in [2.45, 2.75) is 20.4 Å². The lowest BCUT2D eigenvalue weighted by molar-refractivity contribution is 1.06. The maximum atomic E-state index is 6.06.